The van der Waals surface area contributed by atoms with Crippen LogP contribution in [-0.2, 0) is 80.1 Å². The van der Waals surface area contributed by atoms with Crippen LogP contribution in [-0.4, -0.2) is 47.6 Å². The van der Waals surface area contributed by atoms with E-state index in [2.05, 4.69) is 319 Å². The van der Waals surface area contributed by atoms with Gasteiger partial charge in [-0.2, -0.15) is 0 Å². The summed E-state index contributed by atoms with van der Waals surface area (Å²) in [5.41, 5.74) is 24.2. The van der Waals surface area contributed by atoms with Gasteiger partial charge in [-0.25, -0.2) is 0 Å². The number of allylic oxidation sites excluding steroid dienone is 6. The fraction of sp³-hybridized carbons (Fsp3) is 0.208. The van der Waals surface area contributed by atoms with Crippen LogP contribution in [0.3, 0.4) is 0 Å². The number of nitrogens with zero attached hydrogens (tertiary/aromatic N) is 3. The molecule has 15 aromatic rings. The molecule has 0 aliphatic carbocycles. The van der Waals surface area contributed by atoms with Crippen LogP contribution in [0, 0.1) is 18.2 Å². The quantitative estimate of drug-likeness (QED) is 0.0488. The minimum Gasteiger partial charge on any atom is -0.512 e. The standard InChI is InChI=1S/2C31H28NS.C29H24NS.3C5H8O2.3Ir/c1-20(2)26-14-9-15-27(21(3)4)30(26)29-19-25-16-17-28(32-31(25)33-29)24-13-8-12-23(18-24)22-10-6-5-7-11-22;1-20(2)26-16-27(21(3)4)18-28(17-26)30-19-25-13-14-29(32-31(25)33-30)24-12-8-11-23(15-24)22-9-6-5-7-10-22;1-29(2,3)25-15-12-21(13-16-25)27-19-24-14-17-26(30-28(24)31-27)23-11-7-10-22(18-23)20-8-5-4-6-9-20;3*1-4(6)3-5(2)7;;;/h5-12,14-21H,1-4H3;5-11,13-21H,1-4H3;4-10,12-19H,1-3H3;3*3,6H,1-2H3;;;/q3*-1;;;;;;. The molecule has 0 saturated carbocycles. The first-order valence-corrected chi connectivity index (χ1v) is 42.3. The van der Waals surface area contributed by atoms with E-state index in [1.807, 2.05) is 36.4 Å². The molecule has 9 nitrogen and oxygen atoms in total. The number of hydrogen-bond acceptors (Lipinski definition) is 12. The number of ketones is 3. The van der Waals surface area contributed by atoms with Crippen LogP contribution in [0.15, 0.2) is 296 Å². The number of hydrogen-bond donors (Lipinski definition) is 3. The number of aliphatic hydroxyl groups is 3. The monoisotopic (exact) mass is 2190 g/mol. The topological polar surface area (TPSA) is 151 Å². The average Bonchev–Trinajstić information content (AvgIpc) is 1.64. The Hall–Kier alpha value is -10.1. The van der Waals surface area contributed by atoms with Gasteiger partial charge < -0.3 is 15.3 Å². The number of thiophene rings is 3. The summed E-state index contributed by atoms with van der Waals surface area (Å²) >= 11 is 5.32. The van der Waals surface area contributed by atoms with E-state index in [0.29, 0.717) is 23.7 Å². The number of carbonyl (C=O) groups is 3. The van der Waals surface area contributed by atoms with Crippen LogP contribution in [0.4, 0.5) is 0 Å². The molecule has 3 N–H and O–H groups in total. The van der Waals surface area contributed by atoms with Gasteiger partial charge in [0.1, 0.15) is 14.5 Å². The van der Waals surface area contributed by atoms with Crippen LogP contribution in [0.25, 0.3) is 129 Å². The molecule has 0 aliphatic rings. The normalized spacial score (nSPS) is 11.3. The molecule has 0 amide bonds. The summed E-state index contributed by atoms with van der Waals surface area (Å²) in [6.07, 6.45) is 3.50. The second-order valence-corrected chi connectivity index (χ2v) is 34.6. The van der Waals surface area contributed by atoms with Gasteiger partial charge in [-0.05, 0) is 167 Å². The SMILES string of the molecule is CC(=O)C=C(C)O.CC(=O)C=C(C)O.CC(=O)C=C(C)O.CC(C)(C)c1ccc(-c2cc3ccc(-c4[c-]ccc(-c5ccccc5)c4)nc3s2)cc1.CC(C)c1cc(-c2cc3ccc(-c4[c-]ccc(-c5ccccc5)c4)nc3s2)cc(C(C)C)c1.CC(C)c1cccc(C(C)C)c1-c1cc2ccc(-c3[c-]ccc(-c4ccccc4)c3)nc2s1.[Ir].[Ir].[Ir]. The summed E-state index contributed by atoms with van der Waals surface area (Å²) in [6, 6.07) is 103. The van der Waals surface area contributed by atoms with Gasteiger partial charge >= 0.3 is 0 Å². The number of benzene rings is 9. The van der Waals surface area contributed by atoms with Crippen LogP contribution in [0.5, 0.6) is 0 Å². The Morgan fingerprint density at radius 2 is 0.645 bits per heavy atom. The largest absolute Gasteiger partial charge is 0.512 e. The molecule has 6 heterocycles. The van der Waals surface area contributed by atoms with Crippen molar-refractivity contribution in [2.75, 3.05) is 0 Å². The number of fused-ring (bicyclic) bond motifs is 3. The molecule has 0 fully saturated rings. The number of rotatable bonds is 16. The molecule has 0 spiro atoms. The Labute approximate surface area is 767 Å². The molecule has 0 bridgehead atoms. The van der Waals surface area contributed by atoms with Gasteiger partial charge in [0.05, 0.1) is 17.3 Å². The molecule has 3 radical (unpaired) electrons. The number of aromatic nitrogens is 3. The average molecular weight is 2190 g/mol. The third kappa shape index (κ3) is 28.2. The first-order chi connectivity index (χ1) is 56.3. The summed E-state index contributed by atoms with van der Waals surface area (Å²) in [4.78, 5) is 52.2. The molecule has 0 unspecified atom stereocenters. The fourth-order valence-corrected chi connectivity index (χ4v) is 16.4. The minimum absolute atomic E-state index is 0. The predicted molar refractivity (Wildman–Crippen MR) is 501 cm³/mol. The van der Waals surface area contributed by atoms with Gasteiger partial charge in [-0.15, -0.1) is 140 Å². The van der Waals surface area contributed by atoms with Gasteiger partial charge in [-0.3, -0.25) is 29.3 Å². The molecule has 0 atom stereocenters. The van der Waals surface area contributed by atoms with Crippen LogP contribution >= 0.6 is 34.0 Å². The van der Waals surface area contributed by atoms with E-state index in [0.717, 1.165) is 48.3 Å². The zero-order chi connectivity index (χ0) is 84.9. The van der Waals surface area contributed by atoms with E-state index >= 15 is 0 Å². The third-order valence-electron chi connectivity index (χ3n) is 19.2. The maximum Gasteiger partial charge on any atom is 0.155 e. The van der Waals surface area contributed by atoms with Crippen molar-refractivity contribution < 1.29 is 90.0 Å². The van der Waals surface area contributed by atoms with Crippen LogP contribution in [0.1, 0.15) is 169 Å². The van der Waals surface area contributed by atoms with Crippen molar-refractivity contribution in [3.8, 4) is 98.5 Å². The Morgan fingerprint density at radius 1 is 0.331 bits per heavy atom. The fourth-order valence-electron chi connectivity index (χ4n) is 13.2. The van der Waals surface area contributed by atoms with Crippen molar-refractivity contribution in [1.29, 1.82) is 0 Å². The van der Waals surface area contributed by atoms with E-state index in [9.17, 15) is 14.4 Å². The molecule has 15 rings (SSSR count). The van der Waals surface area contributed by atoms with Crippen molar-refractivity contribution in [1.82, 2.24) is 15.0 Å². The van der Waals surface area contributed by atoms with Crippen molar-refractivity contribution in [3.05, 3.63) is 342 Å². The molecule has 9 aromatic carbocycles. The number of aliphatic hydroxyl groups excluding tert-OH is 3. The minimum atomic E-state index is -0.125. The summed E-state index contributed by atoms with van der Waals surface area (Å²) in [5, 5.41) is 28.7. The van der Waals surface area contributed by atoms with Gasteiger partial charge in [0.2, 0.25) is 0 Å². The maximum atomic E-state index is 10.0. The smallest absolute Gasteiger partial charge is 0.155 e. The molecule has 121 heavy (non-hydrogen) atoms. The van der Waals surface area contributed by atoms with Crippen molar-refractivity contribution in [2.45, 2.75) is 147 Å². The van der Waals surface area contributed by atoms with E-state index in [4.69, 9.17) is 30.3 Å². The van der Waals surface area contributed by atoms with Gasteiger partial charge in [0.15, 0.2) is 17.3 Å². The van der Waals surface area contributed by atoms with Crippen molar-refractivity contribution >= 4 is 82.0 Å². The zero-order valence-electron chi connectivity index (χ0n) is 71.5. The van der Waals surface area contributed by atoms with Gasteiger partial charge in [0.25, 0.3) is 0 Å². The second-order valence-electron chi connectivity index (χ2n) is 31.5. The van der Waals surface area contributed by atoms with Crippen LogP contribution in [0.2, 0.25) is 0 Å². The Morgan fingerprint density at radius 3 is 0.934 bits per heavy atom. The Balaban J connectivity index is 0.000000220. The summed E-state index contributed by atoms with van der Waals surface area (Å²) in [7, 11) is 0. The zero-order valence-corrected chi connectivity index (χ0v) is 81.1. The molecule has 0 saturated heterocycles. The molecule has 6 aromatic heterocycles. The maximum absolute atomic E-state index is 10.0. The predicted octanol–water partition coefficient (Wildman–Crippen LogP) is 30.2. The summed E-state index contributed by atoms with van der Waals surface area (Å²) < 4.78 is 0. The van der Waals surface area contributed by atoms with E-state index in [1.54, 1.807) is 34.0 Å². The molecule has 627 valence electrons. The Bertz CT molecular complexity index is 5920. The molecular formula is C106H104Ir3N3O6S3-3. The number of pyridine rings is 3. The van der Waals surface area contributed by atoms with E-state index in [-0.39, 0.29) is 100 Å². The Kier molecular flexibility index (Phi) is 37.4. The molecule has 15 heteroatoms. The van der Waals surface area contributed by atoms with Crippen molar-refractivity contribution in [2.24, 2.45) is 0 Å². The van der Waals surface area contributed by atoms with E-state index in [1.165, 1.54) is 168 Å². The van der Waals surface area contributed by atoms with Crippen LogP contribution < -0.4 is 0 Å². The molecular weight excluding hydrogens is 2080 g/mol. The van der Waals surface area contributed by atoms with Gasteiger partial charge in [0, 0.05) is 109 Å². The van der Waals surface area contributed by atoms with Crippen molar-refractivity contribution in [3.63, 3.8) is 0 Å². The van der Waals surface area contributed by atoms with Gasteiger partial charge in [-0.1, -0.05) is 264 Å². The molecule has 0 aliphatic heterocycles. The first kappa shape index (κ1) is 98.0. The summed E-state index contributed by atoms with van der Waals surface area (Å²) in [6.45, 7) is 33.5. The first-order valence-electron chi connectivity index (χ1n) is 39.8. The second kappa shape index (κ2) is 46.2. The number of carbonyl (C=O) groups excluding carboxylic acids is 3. The van der Waals surface area contributed by atoms with E-state index < -0.39 is 0 Å². The third-order valence-corrected chi connectivity index (χ3v) is 22.4. The summed E-state index contributed by atoms with van der Waals surface area (Å²) in [5.74, 6) is 1.78.